The second kappa shape index (κ2) is 6.50. The monoisotopic (exact) mass is 346 g/mol. The summed E-state index contributed by atoms with van der Waals surface area (Å²) in [5, 5.41) is 12.0. The molecule has 0 fully saturated rings. The number of fused-ring (bicyclic) bond motifs is 1. The van der Waals surface area contributed by atoms with E-state index in [0.29, 0.717) is 12.8 Å². The zero-order chi connectivity index (χ0) is 18.1. The number of benzene rings is 2. The molecule has 3 heteroatoms. The highest BCUT2D eigenvalue weighted by atomic mass is 16.4. The third-order valence-electron chi connectivity index (χ3n) is 4.89. The van der Waals surface area contributed by atoms with Gasteiger partial charge in [0.05, 0.1) is 11.2 Å². The molecule has 1 unspecified atom stereocenters. The molecule has 0 aliphatic rings. The molecule has 0 aliphatic carbocycles. The Kier molecular flexibility index (Phi) is 4.17. The fraction of sp³-hybridized carbons (Fsp3) is 0.217. The minimum absolute atomic E-state index is 0.559. The van der Waals surface area contributed by atoms with E-state index < -0.39 is 5.60 Å². The van der Waals surface area contributed by atoms with Gasteiger partial charge in [0.1, 0.15) is 22.9 Å². The number of aryl methyl sites for hydroxylation is 2. The summed E-state index contributed by atoms with van der Waals surface area (Å²) in [6, 6.07) is 21.7. The third kappa shape index (κ3) is 3.06. The summed E-state index contributed by atoms with van der Waals surface area (Å²) in [6.45, 7) is 3.79. The highest BCUT2D eigenvalue weighted by molar-refractivity contribution is 5.94. The summed E-state index contributed by atoms with van der Waals surface area (Å²) in [5.74, 6) is 2.52. The molecular weight excluding hydrogens is 324 g/mol. The normalized spacial score (nSPS) is 13.8. The Morgan fingerprint density at radius 3 is 2.35 bits per heavy atom. The molecule has 26 heavy (non-hydrogen) atoms. The SMILES string of the molecule is Cc1ccc(-c2c(CCC(C)(O)c3ccccc3)oc3ccccc23)o1. The van der Waals surface area contributed by atoms with Crippen LogP contribution in [0.3, 0.4) is 0 Å². The van der Waals surface area contributed by atoms with Crippen molar-refractivity contribution < 1.29 is 13.9 Å². The predicted molar refractivity (Wildman–Crippen MR) is 103 cm³/mol. The highest BCUT2D eigenvalue weighted by Gasteiger charge is 2.25. The van der Waals surface area contributed by atoms with E-state index >= 15 is 0 Å². The lowest BCUT2D eigenvalue weighted by Gasteiger charge is -2.23. The number of rotatable bonds is 5. The van der Waals surface area contributed by atoms with Crippen LogP contribution in [0.1, 0.15) is 30.4 Å². The number of furan rings is 2. The fourth-order valence-corrected chi connectivity index (χ4v) is 3.41. The van der Waals surface area contributed by atoms with Crippen molar-refractivity contribution in [3.63, 3.8) is 0 Å². The van der Waals surface area contributed by atoms with Gasteiger partial charge in [-0.25, -0.2) is 0 Å². The summed E-state index contributed by atoms with van der Waals surface area (Å²) < 4.78 is 12.0. The van der Waals surface area contributed by atoms with Crippen molar-refractivity contribution in [1.82, 2.24) is 0 Å². The first-order valence-corrected chi connectivity index (χ1v) is 8.90. The standard InChI is InChI=1S/C23H22O3/c1-16-12-13-20(25-16)22-18-10-6-7-11-19(18)26-21(22)14-15-23(2,24)17-8-4-3-5-9-17/h3-13,24H,14-15H2,1-2H3. The maximum Gasteiger partial charge on any atom is 0.138 e. The van der Waals surface area contributed by atoms with Crippen molar-refractivity contribution >= 4 is 11.0 Å². The van der Waals surface area contributed by atoms with Crippen molar-refractivity contribution in [2.45, 2.75) is 32.3 Å². The number of hydrogen-bond acceptors (Lipinski definition) is 3. The van der Waals surface area contributed by atoms with Crippen LogP contribution in [0.4, 0.5) is 0 Å². The van der Waals surface area contributed by atoms with E-state index in [-0.39, 0.29) is 0 Å². The van der Waals surface area contributed by atoms with E-state index in [1.165, 1.54) is 0 Å². The molecule has 132 valence electrons. The van der Waals surface area contributed by atoms with Crippen molar-refractivity contribution in [2.75, 3.05) is 0 Å². The Labute approximate surface area is 152 Å². The Bertz CT molecular complexity index is 1020. The number of para-hydroxylation sites is 1. The first-order valence-electron chi connectivity index (χ1n) is 8.90. The topological polar surface area (TPSA) is 46.5 Å². The van der Waals surface area contributed by atoms with Crippen LogP contribution in [-0.4, -0.2) is 5.11 Å². The van der Waals surface area contributed by atoms with Crippen LogP contribution in [0.5, 0.6) is 0 Å². The average molecular weight is 346 g/mol. The minimum atomic E-state index is -0.920. The predicted octanol–water partition coefficient (Wildman–Crippen LogP) is 5.84. The van der Waals surface area contributed by atoms with E-state index in [1.54, 1.807) is 0 Å². The third-order valence-corrected chi connectivity index (χ3v) is 4.89. The van der Waals surface area contributed by atoms with Gasteiger partial charge >= 0.3 is 0 Å². The second-order valence-corrected chi connectivity index (χ2v) is 6.95. The van der Waals surface area contributed by atoms with Gasteiger partial charge in [-0.15, -0.1) is 0 Å². The Morgan fingerprint density at radius 2 is 1.62 bits per heavy atom. The van der Waals surface area contributed by atoms with Gasteiger partial charge in [0.25, 0.3) is 0 Å². The molecule has 0 bridgehead atoms. The van der Waals surface area contributed by atoms with Crippen molar-refractivity contribution in [3.8, 4) is 11.3 Å². The van der Waals surface area contributed by atoms with Crippen molar-refractivity contribution in [3.05, 3.63) is 83.8 Å². The molecule has 0 amide bonds. The summed E-state index contributed by atoms with van der Waals surface area (Å²) in [7, 11) is 0. The zero-order valence-corrected chi connectivity index (χ0v) is 15.0. The van der Waals surface area contributed by atoms with E-state index in [2.05, 4.69) is 0 Å². The van der Waals surface area contributed by atoms with Crippen LogP contribution in [0, 0.1) is 6.92 Å². The van der Waals surface area contributed by atoms with E-state index in [0.717, 1.165) is 39.4 Å². The van der Waals surface area contributed by atoms with E-state index in [1.807, 2.05) is 80.6 Å². The molecule has 0 aliphatic heterocycles. The molecule has 2 aromatic carbocycles. The van der Waals surface area contributed by atoms with Gasteiger partial charge in [-0.3, -0.25) is 0 Å². The Balaban J connectivity index is 1.70. The summed E-state index contributed by atoms with van der Waals surface area (Å²) in [4.78, 5) is 0. The largest absolute Gasteiger partial charge is 0.461 e. The molecule has 1 N–H and O–H groups in total. The fourth-order valence-electron chi connectivity index (χ4n) is 3.41. The highest BCUT2D eigenvalue weighted by Crippen LogP contribution is 2.38. The quantitative estimate of drug-likeness (QED) is 0.494. The van der Waals surface area contributed by atoms with Gasteiger partial charge in [-0.2, -0.15) is 0 Å². The minimum Gasteiger partial charge on any atom is -0.461 e. The second-order valence-electron chi connectivity index (χ2n) is 6.95. The van der Waals surface area contributed by atoms with Gasteiger partial charge in [0.15, 0.2) is 0 Å². The van der Waals surface area contributed by atoms with E-state index in [9.17, 15) is 5.11 Å². The van der Waals surface area contributed by atoms with Crippen LogP contribution in [0.2, 0.25) is 0 Å². The molecular formula is C23H22O3. The smallest absolute Gasteiger partial charge is 0.138 e. The molecule has 0 saturated carbocycles. The lowest BCUT2D eigenvalue weighted by Crippen LogP contribution is -2.21. The van der Waals surface area contributed by atoms with Gasteiger partial charge in [-0.05, 0) is 44.0 Å². The van der Waals surface area contributed by atoms with Crippen molar-refractivity contribution in [1.29, 1.82) is 0 Å². The average Bonchev–Trinajstić information content (AvgIpc) is 3.23. The van der Waals surface area contributed by atoms with Gasteiger partial charge < -0.3 is 13.9 Å². The Morgan fingerprint density at radius 1 is 0.885 bits per heavy atom. The van der Waals surface area contributed by atoms with Crippen LogP contribution < -0.4 is 0 Å². The molecule has 0 spiro atoms. The van der Waals surface area contributed by atoms with Crippen LogP contribution in [0.25, 0.3) is 22.3 Å². The molecule has 0 saturated heterocycles. The molecule has 2 heterocycles. The first-order chi connectivity index (χ1) is 12.5. The van der Waals surface area contributed by atoms with Crippen molar-refractivity contribution in [2.24, 2.45) is 0 Å². The lowest BCUT2D eigenvalue weighted by atomic mass is 9.90. The van der Waals surface area contributed by atoms with Crippen LogP contribution in [-0.2, 0) is 12.0 Å². The molecule has 4 rings (SSSR count). The Hall–Kier alpha value is -2.78. The molecule has 0 radical (unpaired) electrons. The summed E-state index contributed by atoms with van der Waals surface area (Å²) in [5.41, 5.74) is 1.81. The lowest BCUT2D eigenvalue weighted by molar-refractivity contribution is 0.0468. The van der Waals surface area contributed by atoms with Gasteiger partial charge in [0.2, 0.25) is 0 Å². The first kappa shape index (κ1) is 16.7. The summed E-state index contributed by atoms with van der Waals surface area (Å²) >= 11 is 0. The van der Waals surface area contributed by atoms with Crippen LogP contribution in [0.15, 0.2) is 75.6 Å². The van der Waals surface area contributed by atoms with E-state index in [4.69, 9.17) is 8.83 Å². The number of aliphatic hydroxyl groups is 1. The maximum absolute atomic E-state index is 10.9. The summed E-state index contributed by atoms with van der Waals surface area (Å²) in [6.07, 6.45) is 1.18. The number of hydrogen-bond donors (Lipinski definition) is 1. The molecule has 4 aromatic rings. The molecule has 3 nitrogen and oxygen atoms in total. The molecule has 1 atom stereocenters. The van der Waals surface area contributed by atoms with Gasteiger partial charge in [-0.1, -0.05) is 48.5 Å². The zero-order valence-electron chi connectivity index (χ0n) is 15.0. The maximum atomic E-state index is 10.9. The van der Waals surface area contributed by atoms with Crippen LogP contribution >= 0.6 is 0 Å². The van der Waals surface area contributed by atoms with Gasteiger partial charge in [0, 0.05) is 11.8 Å². The molecule has 2 aromatic heterocycles.